The third kappa shape index (κ3) is 5.03. The van der Waals surface area contributed by atoms with Crippen molar-refractivity contribution < 1.29 is 0 Å². The van der Waals surface area contributed by atoms with Crippen LogP contribution in [0.25, 0.3) is 0 Å². The lowest BCUT2D eigenvalue weighted by atomic mass is 10.2. The number of aryl methyl sites for hydroxylation is 2. The molecule has 0 aliphatic carbocycles. The normalized spacial score (nSPS) is 8.14. The SMILES string of the molecule is C.Cc1ccccc1.Cc1nn[nH]n1. The van der Waals surface area contributed by atoms with Gasteiger partial charge in [0.1, 0.15) is 0 Å². The van der Waals surface area contributed by atoms with E-state index in [1.54, 1.807) is 6.92 Å². The van der Waals surface area contributed by atoms with Crippen molar-refractivity contribution in [1.82, 2.24) is 20.6 Å². The van der Waals surface area contributed by atoms with Crippen LogP contribution in [0.1, 0.15) is 18.8 Å². The number of benzene rings is 1. The van der Waals surface area contributed by atoms with Crippen LogP contribution in [-0.4, -0.2) is 20.6 Å². The summed E-state index contributed by atoms with van der Waals surface area (Å²) in [4.78, 5) is 0. The van der Waals surface area contributed by atoms with Gasteiger partial charge >= 0.3 is 0 Å². The van der Waals surface area contributed by atoms with E-state index in [-0.39, 0.29) is 7.43 Å². The highest BCUT2D eigenvalue weighted by molar-refractivity contribution is 5.11. The monoisotopic (exact) mass is 192 g/mol. The molecule has 0 aliphatic heterocycles. The summed E-state index contributed by atoms with van der Waals surface area (Å²) in [6.45, 7) is 3.85. The Labute approximate surface area is 84.4 Å². The first-order valence-electron chi connectivity index (χ1n) is 4.01. The number of aromatic nitrogens is 4. The highest BCUT2D eigenvalue weighted by atomic mass is 15.5. The van der Waals surface area contributed by atoms with Crippen LogP contribution in [-0.2, 0) is 0 Å². The summed E-state index contributed by atoms with van der Waals surface area (Å²) < 4.78 is 0. The van der Waals surface area contributed by atoms with E-state index in [9.17, 15) is 0 Å². The van der Waals surface area contributed by atoms with Crippen LogP contribution < -0.4 is 0 Å². The fourth-order valence-electron chi connectivity index (χ4n) is 0.746. The zero-order valence-electron chi connectivity index (χ0n) is 7.73. The molecule has 0 bridgehead atoms. The molecule has 0 spiro atoms. The minimum Gasteiger partial charge on any atom is -0.177 e. The zero-order valence-corrected chi connectivity index (χ0v) is 7.73. The minimum atomic E-state index is 0. The molecule has 0 saturated carbocycles. The van der Waals surface area contributed by atoms with Crippen molar-refractivity contribution >= 4 is 0 Å². The van der Waals surface area contributed by atoms with Crippen molar-refractivity contribution in [3.63, 3.8) is 0 Å². The van der Waals surface area contributed by atoms with E-state index in [1.165, 1.54) is 5.56 Å². The van der Waals surface area contributed by atoms with Gasteiger partial charge in [-0.2, -0.15) is 5.21 Å². The van der Waals surface area contributed by atoms with E-state index in [1.807, 2.05) is 18.2 Å². The molecule has 0 fully saturated rings. The summed E-state index contributed by atoms with van der Waals surface area (Å²) in [5.74, 6) is 0.676. The fraction of sp³-hybridized carbons (Fsp3) is 0.300. The average molecular weight is 192 g/mol. The second kappa shape index (κ2) is 6.77. The van der Waals surface area contributed by atoms with Crippen molar-refractivity contribution in [2.45, 2.75) is 21.3 Å². The van der Waals surface area contributed by atoms with Crippen molar-refractivity contribution in [2.24, 2.45) is 0 Å². The molecule has 0 aliphatic rings. The Morgan fingerprint density at radius 3 is 1.93 bits per heavy atom. The fourth-order valence-corrected chi connectivity index (χ4v) is 0.746. The number of hydrogen-bond donors (Lipinski definition) is 1. The maximum absolute atomic E-state index is 3.57. The Morgan fingerprint density at radius 2 is 1.71 bits per heavy atom. The average Bonchev–Trinajstić information content (AvgIpc) is 2.58. The van der Waals surface area contributed by atoms with Crippen LogP contribution in [0.4, 0.5) is 0 Å². The van der Waals surface area contributed by atoms with Gasteiger partial charge in [-0.25, -0.2) is 0 Å². The lowest BCUT2D eigenvalue weighted by molar-refractivity contribution is 0.881. The Bertz CT molecular complexity index is 315. The van der Waals surface area contributed by atoms with Crippen LogP contribution >= 0.6 is 0 Å². The van der Waals surface area contributed by atoms with Crippen LogP contribution in [0.2, 0.25) is 0 Å². The molecule has 2 rings (SSSR count). The number of aromatic amines is 1. The second-order valence-corrected chi connectivity index (χ2v) is 2.61. The number of tetrazole rings is 1. The van der Waals surface area contributed by atoms with E-state index >= 15 is 0 Å². The lowest BCUT2D eigenvalue weighted by Gasteiger charge is -1.82. The molecule has 76 valence electrons. The molecule has 0 saturated heterocycles. The van der Waals surface area contributed by atoms with Crippen molar-refractivity contribution in [3.8, 4) is 0 Å². The molecule has 0 amide bonds. The van der Waals surface area contributed by atoms with Crippen molar-refractivity contribution in [1.29, 1.82) is 0 Å². The summed E-state index contributed by atoms with van der Waals surface area (Å²) in [5.41, 5.74) is 1.32. The van der Waals surface area contributed by atoms with Gasteiger partial charge in [0.15, 0.2) is 5.82 Å². The quantitative estimate of drug-likeness (QED) is 0.695. The Kier molecular flexibility index (Phi) is 5.94. The molecular formula is C10H16N4. The van der Waals surface area contributed by atoms with E-state index in [2.05, 4.69) is 39.7 Å². The Hall–Kier alpha value is -1.71. The van der Waals surface area contributed by atoms with E-state index < -0.39 is 0 Å². The Morgan fingerprint density at radius 1 is 1.07 bits per heavy atom. The molecule has 0 radical (unpaired) electrons. The van der Waals surface area contributed by atoms with Crippen molar-refractivity contribution in [3.05, 3.63) is 41.7 Å². The second-order valence-electron chi connectivity index (χ2n) is 2.61. The summed E-state index contributed by atoms with van der Waals surface area (Å²) in [5, 5.41) is 12.7. The van der Waals surface area contributed by atoms with Gasteiger partial charge in [-0.05, 0) is 13.8 Å². The smallest absolute Gasteiger partial charge is 0.171 e. The van der Waals surface area contributed by atoms with Gasteiger partial charge < -0.3 is 0 Å². The largest absolute Gasteiger partial charge is 0.177 e. The van der Waals surface area contributed by atoms with Gasteiger partial charge in [-0.1, -0.05) is 48.5 Å². The third-order valence-corrected chi connectivity index (χ3v) is 1.39. The molecule has 1 aromatic heterocycles. The van der Waals surface area contributed by atoms with Gasteiger partial charge in [-0.3, -0.25) is 0 Å². The first kappa shape index (κ1) is 12.3. The van der Waals surface area contributed by atoms with Gasteiger partial charge in [0.05, 0.1) is 0 Å². The maximum Gasteiger partial charge on any atom is 0.171 e. The first-order chi connectivity index (χ1) is 6.29. The molecule has 1 heterocycles. The van der Waals surface area contributed by atoms with Crippen LogP contribution in [0.15, 0.2) is 30.3 Å². The topological polar surface area (TPSA) is 54.5 Å². The molecule has 4 heteroatoms. The molecule has 1 N–H and O–H groups in total. The first-order valence-corrected chi connectivity index (χ1v) is 4.01. The van der Waals surface area contributed by atoms with Crippen LogP contribution in [0.5, 0.6) is 0 Å². The standard InChI is InChI=1S/C7H8.C2H4N4.CH4/c1-7-5-3-2-4-6-7;1-2-3-5-6-4-2;/h2-6H,1H3;1H3,(H,3,4,5,6);1H4. The Balaban J connectivity index is 0.000000227. The van der Waals surface area contributed by atoms with Gasteiger partial charge in [0.25, 0.3) is 0 Å². The number of hydrogen-bond acceptors (Lipinski definition) is 3. The maximum atomic E-state index is 3.57. The molecule has 0 unspecified atom stereocenters. The highest BCUT2D eigenvalue weighted by Crippen LogP contribution is 1.92. The molecular weight excluding hydrogens is 176 g/mol. The molecule has 4 nitrogen and oxygen atoms in total. The van der Waals surface area contributed by atoms with E-state index in [4.69, 9.17) is 0 Å². The number of rotatable bonds is 0. The van der Waals surface area contributed by atoms with Gasteiger partial charge in [-0.15, -0.1) is 10.2 Å². The van der Waals surface area contributed by atoms with E-state index in [0.29, 0.717) is 5.82 Å². The van der Waals surface area contributed by atoms with Gasteiger partial charge in [0, 0.05) is 0 Å². The summed E-state index contributed by atoms with van der Waals surface area (Å²) in [6, 6.07) is 10.3. The predicted octanol–water partition coefficient (Wildman–Crippen LogP) is 2.14. The van der Waals surface area contributed by atoms with E-state index in [0.717, 1.165) is 0 Å². The summed E-state index contributed by atoms with van der Waals surface area (Å²) >= 11 is 0. The predicted molar refractivity (Wildman–Crippen MR) is 56.8 cm³/mol. The number of nitrogens with zero attached hydrogens (tertiary/aromatic N) is 3. The number of H-pyrrole nitrogens is 1. The molecule has 2 aromatic rings. The summed E-state index contributed by atoms with van der Waals surface area (Å²) in [6.07, 6.45) is 0. The molecule has 0 atom stereocenters. The summed E-state index contributed by atoms with van der Waals surface area (Å²) in [7, 11) is 0. The lowest BCUT2D eigenvalue weighted by Crippen LogP contribution is -1.69. The zero-order chi connectivity index (χ0) is 9.52. The van der Waals surface area contributed by atoms with Crippen molar-refractivity contribution in [2.75, 3.05) is 0 Å². The van der Waals surface area contributed by atoms with Crippen LogP contribution in [0.3, 0.4) is 0 Å². The van der Waals surface area contributed by atoms with Gasteiger partial charge in [0.2, 0.25) is 0 Å². The minimum absolute atomic E-state index is 0. The van der Waals surface area contributed by atoms with Crippen LogP contribution in [0, 0.1) is 13.8 Å². The highest BCUT2D eigenvalue weighted by Gasteiger charge is 1.78. The molecule has 1 aromatic carbocycles. The third-order valence-electron chi connectivity index (χ3n) is 1.39. The molecule has 14 heavy (non-hydrogen) atoms. The number of nitrogens with one attached hydrogen (secondary N) is 1.